The van der Waals surface area contributed by atoms with E-state index < -0.39 is 6.57 Å². The average molecular weight is 352 g/mol. The fourth-order valence-corrected chi connectivity index (χ4v) is 7.76. The Morgan fingerprint density at radius 3 is 2.04 bits per heavy atom. The molecule has 3 rings (SSSR count). The molecule has 0 N–H and O–H groups in total. The van der Waals surface area contributed by atoms with Gasteiger partial charge in [-0.05, 0) is 50.2 Å². The Balaban J connectivity index is 1.88. The number of nitrogens with zero attached hydrogens (tertiary/aromatic N) is 2. The van der Waals surface area contributed by atoms with Crippen LogP contribution in [-0.4, -0.2) is 35.5 Å². The first-order valence-electron chi connectivity index (χ1n) is 8.75. The van der Waals surface area contributed by atoms with Crippen LogP contribution in [0.2, 0.25) is 0 Å². The summed E-state index contributed by atoms with van der Waals surface area (Å²) in [4.78, 5) is 0. The number of hydrogen-bond acceptors (Lipinski definition) is 2. The molecule has 128 valence electrons. The topological polar surface area (TPSA) is 15.7 Å². The molecule has 1 saturated heterocycles. The van der Waals surface area contributed by atoms with Crippen molar-refractivity contribution in [3.63, 3.8) is 0 Å². The highest BCUT2D eigenvalue weighted by molar-refractivity contribution is 8.10. The molecule has 3 nitrogen and oxygen atoms in total. The van der Waals surface area contributed by atoms with Crippen LogP contribution in [0.3, 0.4) is 0 Å². The molecule has 1 heterocycles. The molecule has 2 fully saturated rings. The Kier molecular flexibility index (Phi) is 5.30. The van der Waals surface area contributed by atoms with Crippen molar-refractivity contribution in [1.82, 2.24) is 9.34 Å². The Hall–Kier alpha value is -0.250. The van der Waals surface area contributed by atoms with Gasteiger partial charge in [-0.2, -0.15) is 0 Å². The molecule has 1 aliphatic heterocycles. The Bertz CT molecular complexity index is 558. The van der Waals surface area contributed by atoms with E-state index in [1.807, 2.05) is 0 Å². The van der Waals surface area contributed by atoms with Crippen molar-refractivity contribution in [3.05, 3.63) is 35.9 Å². The maximum absolute atomic E-state index is 6.74. The minimum Gasteiger partial charge on any atom is -0.318 e. The van der Waals surface area contributed by atoms with Gasteiger partial charge in [-0.25, -0.2) is 9.34 Å². The Morgan fingerprint density at radius 1 is 1.04 bits per heavy atom. The van der Waals surface area contributed by atoms with E-state index in [-0.39, 0.29) is 6.10 Å². The lowest BCUT2D eigenvalue weighted by Gasteiger charge is -2.35. The van der Waals surface area contributed by atoms with E-state index in [0.29, 0.717) is 18.0 Å². The Morgan fingerprint density at radius 2 is 1.57 bits per heavy atom. The Labute approximate surface area is 146 Å². The molecule has 0 aromatic heterocycles. The molecule has 1 aromatic carbocycles. The van der Waals surface area contributed by atoms with Gasteiger partial charge in [0.15, 0.2) is 0 Å². The van der Waals surface area contributed by atoms with E-state index in [2.05, 4.69) is 67.6 Å². The van der Waals surface area contributed by atoms with Crippen LogP contribution >= 0.6 is 6.57 Å². The predicted octanol–water partition coefficient (Wildman–Crippen LogP) is 4.81. The summed E-state index contributed by atoms with van der Waals surface area (Å²) in [7, 11) is 4.38. The molecule has 23 heavy (non-hydrogen) atoms. The second kappa shape index (κ2) is 6.93. The third kappa shape index (κ3) is 3.17. The zero-order valence-electron chi connectivity index (χ0n) is 14.7. The van der Waals surface area contributed by atoms with Gasteiger partial charge >= 0.3 is 0 Å². The van der Waals surface area contributed by atoms with Crippen LogP contribution in [-0.2, 0) is 16.3 Å². The van der Waals surface area contributed by atoms with E-state index in [1.54, 1.807) is 0 Å². The van der Waals surface area contributed by atoms with Crippen molar-refractivity contribution >= 4 is 18.4 Å². The average Bonchev–Trinajstić information content (AvgIpc) is 2.76. The van der Waals surface area contributed by atoms with Crippen LogP contribution in [0.4, 0.5) is 0 Å². The predicted molar refractivity (Wildman–Crippen MR) is 101 cm³/mol. The maximum atomic E-state index is 6.74. The van der Waals surface area contributed by atoms with E-state index >= 15 is 0 Å². The molecule has 3 atom stereocenters. The summed E-state index contributed by atoms with van der Waals surface area (Å²) in [6.07, 6.45) is 5.21. The highest BCUT2D eigenvalue weighted by Gasteiger charge is 2.50. The zero-order chi connectivity index (χ0) is 16.6. The molecule has 0 amide bonds. The van der Waals surface area contributed by atoms with Gasteiger partial charge in [-0.15, -0.1) is 0 Å². The standard InChI is InChI=1S/C18H29N2OPS/c1-14(2)18(15-10-6-5-7-11-15)21-22(23)19(3)16-12-8-9-13-17(16)20(22)4/h5-7,10-11,14,16-18H,8-9,12-13H2,1-4H3/t16-,17-,18-/m1/s1. The first-order chi connectivity index (χ1) is 10.9. The normalized spacial score (nSPS) is 29.6. The van der Waals surface area contributed by atoms with Crippen molar-refractivity contribution < 1.29 is 4.52 Å². The van der Waals surface area contributed by atoms with Crippen LogP contribution in [0.5, 0.6) is 0 Å². The molecule has 0 spiro atoms. The van der Waals surface area contributed by atoms with Gasteiger partial charge in [0, 0.05) is 12.1 Å². The molecule has 1 saturated carbocycles. The van der Waals surface area contributed by atoms with E-state index in [1.165, 1.54) is 31.2 Å². The van der Waals surface area contributed by atoms with Crippen LogP contribution < -0.4 is 0 Å². The molecule has 5 heteroatoms. The molecule has 1 aromatic rings. The van der Waals surface area contributed by atoms with Gasteiger partial charge in [0.2, 0.25) is 6.57 Å². The minimum atomic E-state index is -2.13. The summed E-state index contributed by atoms with van der Waals surface area (Å²) >= 11 is 6.16. The van der Waals surface area contributed by atoms with Crippen molar-refractivity contribution in [2.75, 3.05) is 14.1 Å². The number of rotatable bonds is 4. The van der Waals surface area contributed by atoms with Crippen molar-refractivity contribution in [2.45, 2.75) is 57.7 Å². The third-order valence-electron chi connectivity index (χ3n) is 5.44. The quantitative estimate of drug-likeness (QED) is 0.722. The largest absolute Gasteiger partial charge is 0.318 e. The van der Waals surface area contributed by atoms with Crippen molar-refractivity contribution in [2.24, 2.45) is 5.92 Å². The van der Waals surface area contributed by atoms with Crippen LogP contribution in [0, 0.1) is 5.92 Å². The number of fused-ring (bicyclic) bond motifs is 1. The number of hydrogen-bond donors (Lipinski definition) is 0. The smallest absolute Gasteiger partial charge is 0.204 e. The molecule has 0 bridgehead atoms. The first kappa shape index (κ1) is 17.6. The fourth-order valence-electron chi connectivity index (χ4n) is 4.07. The summed E-state index contributed by atoms with van der Waals surface area (Å²) in [5.41, 5.74) is 1.24. The number of benzene rings is 1. The molecule has 0 unspecified atom stereocenters. The SMILES string of the molecule is CC(C)[C@@H](OP1(=S)N(C)[C@@H]2CCCC[C@H]2N1C)c1ccccc1. The third-order valence-corrected chi connectivity index (χ3v) is 9.93. The highest BCUT2D eigenvalue weighted by atomic mass is 32.5. The molecular weight excluding hydrogens is 323 g/mol. The van der Waals surface area contributed by atoms with E-state index in [9.17, 15) is 0 Å². The summed E-state index contributed by atoms with van der Waals surface area (Å²) in [6.45, 7) is 2.32. The van der Waals surface area contributed by atoms with Crippen molar-refractivity contribution in [3.8, 4) is 0 Å². The van der Waals surface area contributed by atoms with Gasteiger partial charge in [-0.1, -0.05) is 57.0 Å². The van der Waals surface area contributed by atoms with Crippen LogP contribution in [0.1, 0.15) is 51.2 Å². The summed E-state index contributed by atoms with van der Waals surface area (Å²) in [6, 6.07) is 11.7. The van der Waals surface area contributed by atoms with Crippen molar-refractivity contribution in [1.29, 1.82) is 0 Å². The van der Waals surface area contributed by atoms with Crippen LogP contribution in [0.25, 0.3) is 0 Å². The summed E-state index contributed by atoms with van der Waals surface area (Å²) in [5.74, 6) is 0.404. The van der Waals surface area contributed by atoms with Gasteiger partial charge in [0.1, 0.15) is 0 Å². The minimum absolute atomic E-state index is 0.0621. The van der Waals surface area contributed by atoms with Gasteiger partial charge in [0.05, 0.1) is 6.10 Å². The number of likely N-dealkylation sites (N-methyl/N-ethyl adjacent to an activating group) is 2. The second-order valence-electron chi connectivity index (χ2n) is 7.24. The molecule has 2 aliphatic rings. The molecular formula is C18H29N2OPS. The fraction of sp³-hybridized carbons (Fsp3) is 0.667. The van der Waals surface area contributed by atoms with Crippen LogP contribution in [0.15, 0.2) is 30.3 Å². The second-order valence-corrected chi connectivity index (χ2v) is 11.1. The maximum Gasteiger partial charge on any atom is 0.204 e. The zero-order valence-corrected chi connectivity index (χ0v) is 16.4. The first-order valence-corrected chi connectivity index (χ1v) is 11.4. The molecule has 1 aliphatic carbocycles. The van der Waals surface area contributed by atoms with E-state index in [4.69, 9.17) is 16.3 Å². The summed E-state index contributed by atoms with van der Waals surface area (Å²) < 4.78 is 11.6. The highest BCUT2D eigenvalue weighted by Crippen LogP contribution is 2.65. The molecule has 0 radical (unpaired) electrons. The van der Waals surface area contributed by atoms with Gasteiger partial charge in [0.25, 0.3) is 0 Å². The van der Waals surface area contributed by atoms with Gasteiger partial charge < -0.3 is 4.52 Å². The lowest BCUT2D eigenvalue weighted by Crippen LogP contribution is -2.37. The lowest BCUT2D eigenvalue weighted by atomic mass is 9.91. The lowest BCUT2D eigenvalue weighted by molar-refractivity contribution is 0.152. The van der Waals surface area contributed by atoms with Gasteiger partial charge in [-0.3, -0.25) is 0 Å². The monoisotopic (exact) mass is 352 g/mol. The van der Waals surface area contributed by atoms with E-state index in [0.717, 1.165) is 0 Å². The summed E-state index contributed by atoms with van der Waals surface area (Å²) in [5, 5.41) is 0.